The van der Waals surface area contributed by atoms with Crippen LogP contribution in [-0.2, 0) is 6.50 Å². The van der Waals surface area contributed by atoms with Crippen molar-refractivity contribution >= 4 is 11.5 Å². The van der Waals surface area contributed by atoms with Crippen LogP contribution in [-0.4, -0.2) is 3.96 Å². The van der Waals surface area contributed by atoms with Gasteiger partial charge in [-0.05, 0) is 6.37 Å². The summed E-state index contributed by atoms with van der Waals surface area (Å²) in [5.74, 6) is 0. The molecule has 0 N–H and O–H groups in total. The molecule has 0 bridgehead atoms. The average molecular weight is 230 g/mol. The largest absolute Gasteiger partial charge is 0.268 e. The van der Waals surface area contributed by atoms with Crippen LogP contribution < -0.4 is 5.56 Å². The molecular formula is C11H19NOS. The minimum Gasteiger partial charge on any atom is -0.268 e. The first-order valence-electron chi connectivity index (χ1n) is 11.9. The summed E-state index contributed by atoms with van der Waals surface area (Å²) in [7, 11) is 0. The molecule has 0 spiro atoms. The van der Waals surface area contributed by atoms with Gasteiger partial charge in [0.15, 0.2) is 0 Å². The molecule has 0 aliphatic heterocycles. The van der Waals surface area contributed by atoms with Gasteiger partial charge in [0.25, 0.3) is 5.56 Å². The van der Waals surface area contributed by atoms with E-state index in [1.165, 1.54) is 0 Å². The molecule has 0 amide bonds. The maximum absolute atomic E-state index is 11.8. The van der Waals surface area contributed by atoms with Crippen molar-refractivity contribution < 1.29 is 23.3 Å². The number of hydrogen-bond donors (Lipinski definition) is 0. The van der Waals surface area contributed by atoms with E-state index in [0.29, 0.717) is 11.5 Å². The molecule has 0 radical (unpaired) electrons. The Kier molecular flexibility index (Phi) is 1.09. The Labute approximate surface area is 114 Å². The summed E-state index contributed by atoms with van der Waals surface area (Å²) in [6.45, 7) is -7.41. The van der Waals surface area contributed by atoms with Crippen LogP contribution in [0.5, 0.6) is 0 Å². The second kappa shape index (κ2) is 6.82. The van der Waals surface area contributed by atoms with Gasteiger partial charge < -0.3 is 0 Å². The van der Waals surface area contributed by atoms with E-state index in [9.17, 15) is 4.79 Å². The minimum absolute atomic E-state index is 0.146. The van der Waals surface area contributed by atoms with Crippen LogP contribution in [0.2, 0.25) is 0 Å². The molecule has 0 saturated carbocycles. The number of aromatic nitrogens is 1. The summed E-state index contributed by atoms with van der Waals surface area (Å²) in [5.41, 5.74) is -1.10. The molecule has 14 heavy (non-hydrogen) atoms. The third kappa shape index (κ3) is 4.09. The third-order valence-corrected chi connectivity index (χ3v) is 1.79. The quantitative estimate of drug-likeness (QED) is 0.704. The summed E-state index contributed by atoms with van der Waals surface area (Å²) < 4.78 is 131. The van der Waals surface area contributed by atoms with Crippen LogP contribution in [0.4, 0.5) is 0 Å². The SMILES string of the molecule is [2H]C([2H])([2H])C([2H])([2H])C([2H])([2H])C([2H])([2H])C([2H])([2H])C([2H])([2H])C([2H])([2H])C([2H])([2H])n1sccc1=O. The maximum Gasteiger partial charge on any atom is 0.260 e. The Bertz CT molecular complexity index is 862. The molecule has 0 aliphatic carbocycles. The fraction of sp³-hybridized carbons (Fsp3) is 0.727. The predicted octanol–water partition coefficient (Wildman–Crippen LogP) is 3.27. The van der Waals surface area contributed by atoms with E-state index in [2.05, 4.69) is 0 Å². The topological polar surface area (TPSA) is 22.0 Å². The van der Waals surface area contributed by atoms with E-state index in [1.54, 1.807) is 0 Å². The van der Waals surface area contributed by atoms with Crippen LogP contribution in [0.15, 0.2) is 16.2 Å². The lowest BCUT2D eigenvalue weighted by Crippen LogP contribution is -2.11. The van der Waals surface area contributed by atoms with Gasteiger partial charge in [0.2, 0.25) is 0 Å². The van der Waals surface area contributed by atoms with Gasteiger partial charge in [-0.25, -0.2) is 0 Å². The van der Waals surface area contributed by atoms with E-state index in [0.717, 1.165) is 11.4 Å². The van der Waals surface area contributed by atoms with Gasteiger partial charge in [-0.15, -0.1) is 0 Å². The van der Waals surface area contributed by atoms with Crippen molar-refractivity contribution in [2.45, 2.75) is 51.6 Å². The predicted molar refractivity (Wildman–Crippen MR) is 62.0 cm³/mol. The van der Waals surface area contributed by atoms with E-state index in [1.807, 2.05) is 0 Å². The van der Waals surface area contributed by atoms with Crippen LogP contribution in [0.25, 0.3) is 0 Å². The lowest BCUT2D eigenvalue weighted by Gasteiger charge is -2.00. The van der Waals surface area contributed by atoms with Gasteiger partial charge in [-0.1, -0.05) is 50.2 Å². The number of rotatable bonds is 7. The van der Waals surface area contributed by atoms with Gasteiger partial charge >= 0.3 is 0 Å². The Morgan fingerprint density at radius 2 is 2.21 bits per heavy atom. The summed E-state index contributed by atoms with van der Waals surface area (Å²) in [4.78, 5) is 11.8. The van der Waals surface area contributed by atoms with E-state index in [-0.39, 0.29) is 3.96 Å². The molecule has 2 nitrogen and oxygen atoms in total. The highest BCUT2D eigenvalue weighted by molar-refractivity contribution is 7.04. The van der Waals surface area contributed by atoms with Crippen molar-refractivity contribution in [1.29, 1.82) is 0 Å². The van der Waals surface area contributed by atoms with Crippen molar-refractivity contribution in [3.05, 3.63) is 21.8 Å². The molecule has 1 heterocycles. The fourth-order valence-electron chi connectivity index (χ4n) is 0.554. The van der Waals surface area contributed by atoms with Gasteiger partial charge in [-0.3, -0.25) is 8.75 Å². The first-order chi connectivity index (χ1) is 13.3. The average Bonchev–Trinajstić information content (AvgIpc) is 2.99. The molecular weight excluding hydrogens is 194 g/mol. The summed E-state index contributed by atoms with van der Waals surface area (Å²) >= 11 is 0.329. The van der Waals surface area contributed by atoms with Crippen LogP contribution in [0, 0.1) is 0 Å². The van der Waals surface area contributed by atoms with Gasteiger partial charge in [-0.2, -0.15) is 0 Å². The molecule has 0 saturated heterocycles. The Morgan fingerprint density at radius 3 is 2.93 bits per heavy atom. The van der Waals surface area contributed by atoms with Crippen molar-refractivity contribution in [2.75, 3.05) is 0 Å². The van der Waals surface area contributed by atoms with Crippen molar-refractivity contribution in [3.8, 4) is 0 Å². The molecule has 1 aromatic rings. The summed E-state index contributed by atoms with van der Waals surface area (Å²) in [6.07, 6.45) is -25.3. The van der Waals surface area contributed by atoms with Crippen molar-refractivity contribution in [2.24, 2.45) is 0 Å². The lowest BCUT2D eigenvalue weighted by atomic mass is 10.1. The molecule has 1 aromatic heterocycles. The van der Waals surface area contributed by atoms with Crippen molar-refractivity contribution in [1.82, 2.24) is 3.96 Å². The molecule has 0 aliphatic rings. The van der Waals surface area contributed by atoms with E-state index < -0.39 is 57.1 Å². The normalized spacial score (nSPS) is 36.7. The number of aryl methyl sites for hydroxylation is 1. The standard InChI is InChI=1S/C11H19NOS/c1-2-3-4-5-6-7-9-12-11(13)8-10-14-12/h8,10H,2-7,9H2,1H3/i1D3,2D2,3D2,4D2,5D2,6D2,7D2,9D2. The van der Waals surface area contributed by atoms with Crippen molar-refractivity contribution in [3.63, 3.8) is 0 Å². The highest BCUT2D eigenvalue weighted by atomic mass is 32.1. The Morgan fingerprint density at radius 1 is 1.43 bits per heavy atom. The molecule has 0 unspecified atom stereocenters. The highest BCUT2D eigenvalue weighted by Crippen LogP contribution is 2.06. The number of nitrogens with zero attached hydrogens (tertiary/aromatic N) is 1. The molecule has 80 valence electrons. The smallest absolute Gasteiger partial charge is 0.260 e. The van der Waals surface area contributed by atoms with Crippen LogP contribution in [0.1, 0.15) is 68.4 Å². The second-order valence-electron chi connectivity index (χ2n) is 1.90. The fourth-order valence-corrected chi connectivity index (χ4v) is 1.12. The minimum atomic E-state index is -4.35. The maximum atomic E-state index is 11.8. The lowest BCUT2D eigenvalue weighted by molar-refractivity contribution is 0.569. The van der Waals surface area contributed by atoms with E-state index in [4.69, 9.17) is 23.3 Å². The Balaban J connectivity index is 3.73. The third-order valence-electron chi connectivity index (χ3n) is 1.05. The zero-order valence-electron chi connectivity index (χ0n) is 23.9. The molecule has 1 rings (SSSR count). The van der Waals surface area contributed by atoms with E-state index >= 15 is 0 Å². The molecule has 0 atom stereocenters. The van der Waals surface area contributed by atoms with Gasteiger partial charge in [0, 0.05) is 38.5 Å². The summed E-state index contributed by atoms with van der Waals surface area (Å²) in [5, 5.41) is 1.04. The van der Waals surface area contributed by atoms with Crippen LogP contribution in [0.3, 0.4) is 0 Å². The van der Waals surface area contributed by atoms with Gasteiger partial charge in [0.1, 0.15) is 0 Å². The zero-order valence-corrected chi connectivity index (χ0v) is 7.73. The summed E-state index contributed by atoms with van der Waals surface area (Å²) in [6, 6.07) is 0.825. The first kappa shape index (κ1) is 2.24. The van der Waals surface area contributed by atoms with Gasteiger partial charge in [0.05, 0.1) is 2.74 Å². The number of hydrogen-bond acceptors (Lipinski definition) is 2. The zero-order chi connectivity index (χ0) is 25.3. The second-order valence-corrected chi connectivity index (χ2v) is 2.75. The monoisotopic (exact) mass is 230 g/mol. The molecule has 0 aromatic carbocycles. The first-order valence-corrected chi connectivity index (χ1v) is 4.28. The molecule has 3 heteroatoms. The molecule has 0 fully saturated rings. The Hall–Kier alpha value is -0.570. The van der Waals surface area contributed by atoms with Crippen LogP contribution >= 0.6 is 11.5 Å². The highest BCUT2D eigenvalue weighted by Gasteiger charge is 1.95.